The Morgan fingerprint density at radius 1 is 1.20 bits per heavy atom. The van der Waals surface area contributed by atoms with Crippen LogP contribution >= 0.6 is 0 Å². The maximum Gasteiger partial charge on any atom is 0.171 e. The highest BCUT2D eigenvalue weighted by Crippen LogP contribution is 2.33. The number of fused-ring (bicyclic) bond motifs is 2. The first-order chi connectivity index (χ1) is 9.58. The molecule has 20 heavy (non-hydrogen) atoms. The average molecular weight is 281 g/mol. The third-order valence-corrected chi connectivity index (χ3v) is 4.47. The van der Waals surface area contributed by atoms with Crippen molar-refractivity contribution in [3.05, 3.63) is 35.4 Å². The number of hydrogen-bond acceptors (Lipinski definition) is 3. The van der Waals surface area contributed by atoms with Gasteiger partial charge in [0.1, 0.15) is 11.6 Å². The number of nitrogens with zero attached hydrogens (tertiary/aromatic N) is 1. The van der Waals surface area contributed by atoms with Crippen molar-refractivity contribution in [1.29, 1.82) is 0 Å². The van der Waals surface area contributed by atoms with Crippen LogP contribution in [0.15, 0.2) is 18.2 Å². The Morgan fingerprint density at radius 2 is 1.75 bits per heavy atom. The molecule has 0 saturated carbocycles. The molecule has 0 N–H and O–H groups in total. The second kappa shape index (κ2) is 5.22. The molecule has 108 valence electrons. The summed E-state index contributed by atoms with van der Waals surface area (Å²) in [6, 6.07) is 3.86. The Morgan fingerprint density at radius 3 is 2.30 bits per heavy atom. The molecule has 5 heteroatoms. The minimum atomic E-state index is -0.768. The Balaban J connectivity index is 1.85. The molecule has 2 unspecified atom stereocenters. The Kier molecular flexibility index (Phi) is 3.56. The SMILES string of the molecule is CN1C2COCC1CC(C(=O)c1c(F)cccc1F)C2. The Bertz CT molecular complexity index is 500. The zero-order valence-electron chi connectivity index (χ0n) is 11.3. The summed E-state index contributed by atoms with van der Waals surface area (Å²) < 4.78 is 32.9. The first-order valence-corrected chi connectivity index (χ1v) is 6.86. The van der Waals surface area contributed by atoms with Crippen LogP contribution in [0.5, 0.6) is 0 Å². The number of carbonyl (C=O) groups is 1. The average Bonchev–Trinajstić information content (AvgIpc) is 2.37. The van der Waals surface area contributed by atoms with E-state index >= 15 is 0 Å². The molecule has 2 atom stereocenters. The largest absolute Gasteiger partial charge is 0.378 e. The van der Waals surface area contributed by atoms with Gasteiger partial charge in [0.05, 0.1) is 18.8 Å². The predicted octanol–water partition coefficient (Wildman–Crippen LogP) is 2.26. The lowest BCUT2D eigenvalue weighted by atomic mass is 9.81. The van der Waals surface area contributed by atoms with Crippen molar-refractivity contribution in [2.45, 2.75) is 24.9 Å². The fourth-order valence-corrected chi connectivity index (χ4v) is 3.25. The highest BCUT2D eigenvalue weighted by Gasteiger charge is 2.40. The molecule has 0 radical (unpaired) electrons. The summed E-state index contributed by atoms with van der Waals surface area (Å²) in [5, 5.41) is 0. The molecule has 3 nitrogen and oxygen atoms in total. The van der Waals surface area contributed by atoms with Crippen LogP contribution < -0.4 is 0 Å². The number of morpholine rings is 1. The molecule has 0 aromatic heterocycles. The molecular formula is C15H17F2NO2. The maximum absolute atomic E-state index is 13.7. The molecule has 2 heterocycles. The number of hydrogen-bond donors (Lipinski definition) is 0. The summed E-state index contributed by atoms with van der Waals surface area (Å²) in [6.45, 7) is 1.16. The minimum Gasteiger partial charge on any atom is -0.378 e. The highest BCUT2D eigenvalue weighted by atomic mass is 19.1. The van der Waals surface area contributed by atoms with E-state index in [2.05, 4.69) is 4.90 Å². The van der Waals surface area contributed by atoms with E-state index in [1.807, 2.05) is 7.05 Å². The van der Waals surface area contributed by atoms with Gasteiger partial charge >= 0.3 is 0 Å². The van der Waals surface area contributed by atoms with Crippen LogP contribution in [0.25, 0.3) is 0 Å². The van der Waals surface area contributed by atoms with Gasteiger partial charge in [-0.05, 0) is 32.0 Å². The molecule has 2 fully saturated rings. The van der Waals surface area contributed by atoms with Gasteiger partial charge < -0.3 is 4.74 Å². The molecule has 2 saturated heterocycles. The van der Waals surface area contributed by atoms with Crippen LogP contribution in [0.2, 0.25) is 0 Å². The standard InChI is InChI=1S/C15H17F2NO2/c1-18-10-5-9(6-11(18)8-20-7-10)15(19)14-12(16)3-2-4-13(14)17/h2-4,9-11H,5-8H2,1H3. The highest BCUT2D eigenvalue weighted by molar-refractivity contribution is 5.98. The van der Waals surface area contributed by atoms with Gasteiger partial charge in [0, 0.05) is 18.0 Å². The lowest BCUT2D eigenvalue weighted by Gasteiger charge is -2.46. The van der Waals surface area contributed by atoms with Crippen molar-refractivity contribution in [2.75, 3.05) is 20.3 Å². The number of ether oxygens (including phenoxy) is 1. The Hall–Kier alpha value is -1.33. The van der Waals surface area contributed by atoms with Crippen molar-refractivity contribution in [3.8, 4) is 0 Å². The van der Waals surface area contributed by atoms with Gasteiger partial charge in [0.2, 0.25) is 0 Å². The predicted molar refractivity (Wildman–Crippen MR) is 69.6 cm³/mol. The number of piperidine rings is 1. The number of ketones is 1. The van der Waals surface area contributed by atoms with Gasteiger partial charge in [0.25, 0.3) is 0 Å². The number of carbonyl (C=O) groups excluding carboxylic acids is 1. The van der Waals surface area contributed by atoms with Crippen LogP contribution in [0.3, 0.4) is 0 Å². The molecule has 2 aliphatic rings. The van der Waals surface area contributed by atoms with Crippen molar-refractivity contribution in [1.82, 2.24) is 4.90 Å². The molecule has 1 aromatic rings. The lowest BCUT2D eigenvalue weighted by Crippen LogP contribution is -2.55. The molecule has 0 amide bonds. The second-order valence-corrected chi connectivity index (χ2v) is 5.64. The van der Waals surface area contributed by atoms with E-state index in [1.165, 1.54) is 6.07 Å². The topological polar surface area (TPSA) is 29.5 Å². The summed E-state index contributed by atoms with van der Waals surface area (Å²) in [4.78, 5) is 14.7. The number of Topliss-reactive ketones (excluding diaryl/α,β-unsaturated/α-hetero) is 1. The fourth-order valence-electron chi connectivity index (χ4n) is 3.25. The van der Waals surface area contributed by atoms with Crippen LogP contribution in [0, 0.1) is 17.6 Å². The van der Waals surface area contributed by atoms with Crippen LogP contribution in [0.4, 0.5) is 8.78 Å². The van der Waals surface area contributed by atoms with E-state index in [9.17, 15) is 13.6 Å². The Labute approximate surface area is 116 Å². The van der Waals surface area contributed by atoms with E-state index in [1.54, 1.807) is 0 Å². The van der Waals surface area contributed by atoms with E-state index in [-0.39, 0.29) is 23.6 Å². The summed E-state index contributed by atoms with van der Waals surface area (Å²) in [7, 11) is 2.02. The molecule has 1 aromatic carbocycles. The van der Waals surface area contributed by atoms with E-state index in [0.717, 1.165) is 12.1 Å². The van der Waals surface area contributed by atoms with Crippen LogP contribution in [0.1, 0.15) is 23.2 Å². The summed E-state index contributed by atoms with van der Waals surface area (Å²) in [5.74, 6) is -2.27. The molecule has 0 aliphatic carbocycles. The van der Waals surface area contributed by atoms with E-state index in [0.29, 0.717) is 26.1 Å². The number of halogens is 2. The second-order valence-electron chi connectivity index (χ2n) is 5.64. The fraction of sp³-hybridized carbons (Fsp3) is 0.533. The van der Waals surface area contributed by atoms with Gasteiger partial charge in [-0.25, -0.2) is 8.78 Å². The van der Waals surface area contributed by atoms with Gasteiger partial charge in [0.15, 0.2) is 5.78 Å². The number of benzene rings is 1. The van der Waals surface area contributed by atoms with Gasteiger partial charge in [-0.1, -0.05) is 6.07 Å². The molecular weight excluding hydrogens is 264 g/mol. The van der Waals surface area contributed by atoms with Crippen molar-refractivity contribution < 1.29 is 18.3 Å². The zero-order chi connectivity index (χ0) is 14.3. The number of rotatable bonds is 2. The van der Waals surface area contributed by atoms with E-state index < -0.39 is 17.4 Å². The summed E-state index contributed by atoms with van der Waals surface area (Å²) in [5.41, 5.74) is -0.388. The van der Waals surface area contributed by atoms with E-state index in [4.69, 9.17) is 4.74 Å². The normalized spacial score (nSPS) is 30.2. The van der Waals surface area contributed by atoms with Gasteiger partial charge in [-0.3, -0.25) is 9.69 Å². The molecule has 3 rings (SSSR count). The molecule has 0 spiro atoms. The quantitative estimate of drug-likeness (QED) is 0.779. The third kappa shape index (κ3) is 2.25. The first-order valence-electron chi connectivity index (χ1n) is 6.86. The van der Waals surface area contributed by atoms with Crippen LogP contribution in [-0.4, -0.2) is 43.0 Å². The smallest absolute Gasteiger partial charge is 0.171 e. The first kappa shape index (κ1) is 13.6. The van der Waals surface area contributed by atoms with Crippen molar-refractivity contribution in [2.24, 2.45) is 5.92 Å². The third-order valence-electron chi connectivity index (χ3n) is 4.47. The van der Waals surface area contributed by atoms with Crippen molar-refractivity contribution >= 4 is 5.78 Å². The zero-order valence-corrected chi connectivity index (χ0v) is 11.3. The van der Waals surface area contributed by atoms with Crippen LogP contribution in [-0.2, 0) is 4.74 Å². The van der Waals surface area contributed by atoms with Gasteiger partial charge in [-0.2, -0.15) is 0 Å². The summed E-state index contributed by atoms with van der Waals surface area (Å²) >= 11 is 0. The maximum atomic E-state index is 13.7. The minimum absolute atomic E-state index is 0.159. The van der Waals surface area contributed by atoms with Gasteiger partial charge in [-0.15, -0.1) is 0 Å². The number of likely N-dealkylation sites (N-methyl/N-ethyl adjacent to an activating group) is 1. The lowest BCUT2D eigenvalue weighted by molar-refractivity contribution is -0.0703. The molecule has 2 bridgehead atoms. The monoisotopic (exact) mass is 281 g/mol. The summed E-state index contributed by atoms with van der Waals surface area (Å²) in [6.07, 6.45) is 1.19. The molecule has 2 aliphatic heterocycles. The van der Waals surface area contributed by atoms with Crippen molar-refractivity contribution in [3.63, 3.8) is 0 Å².